The quantitative estimate of drug-likeness (QED) is 0.354. The Morgan fingerprint density at radius 1 is 1.38 bits per heavy atom. The molecule has 3 rings (SSSR count). The van der Waals surface area contributed by atoms with Crippen molar-refractivity contribution in [2.24, 2.45) is 5.14 Å². The standard InChI is InChI=1S/C12H18N6O7S/c1-4(19)7-6-10(13)15-3-16-11(6)18(17-7)12-9(21)8(20)5(25-12)2-24-26(14,22)23/h3-5,8-9,12,19-21H,2H2,1H3,(H2,13,15,16)(H2,14,22,23)/t4-,5-,8-,9-,12-/m1/s1. The Morgan fingerprint density at radius 3 is 2.69 bits per heavy atom. The number of nitrogen functional groups attached to an aromatic ring is 1. The van der Waals surface area contributed by atoms with Crippen LogP contribution >= 0.6 is 0 Å². The van der Waals surface area contributed by atoms with Crippen LogP contribution in [0.3, 0.4) is 0 Å². The summed E-state index contributed by atoms with van der Waals surface area (Å²) in [6.07, 6.45) is -5.23. The molecule has 13 nitrogen and oxygen atoms in total. The van der Waals surface area contributed by atoms with Crippen molar-refractivity contribution in [1.82, 2.24) is 19.7 Å². The van der Waals surface area contributed by atoms with Crippen LogP contribution in [0.15, 0.2) is 6.33 Å². The molecule has 0 unspecified atom stereocenters. The maximum Gasteiger partial charge on any atom is 0.333 e. The molecule has 0 radical (unpaired) electrons. The number of aliphatic hydroxyl groups excluding tert-OH is 3. The smallest absolute Gasteiger partial charge is 0.333 e. The fourth-order valence-corrected chi connectivity index (χ4v) is 3.05. The van der Waals surface area contributed by atoms with Gasteiger partial charge in [-0.2, -0.15) is 13.5 Å². The summed E-state index contributed by atoms with van der Waals surface area (Å²) >= 11 is 0. The van der Waals surface area contributed by atoms with Gasteiger partial charge >= 0.3 is 10.3 Å². The zero-order valence-corrected chi connectivity index (χ0v) is 14.3. The predicted octanol–water partition coefficient (Wildman–Crippen LogP) is -2.70. The first-order valence-corrected chi connectivity index (χ1v) is 8.92. The van der Waals surface area contributed by atoms with Gasteiger partial charge in [0.1, 0.15) is 36.2 Å². The van der Waals surface area contributed by atoms with Crippen LogP contribution in [0.1, 0.15) is 24.9 Å². The lowest BCUT2D eigenvalue weighted by Gasteiger charge is -2.15. The van der Waals surface area contributed by atoms with E-state index in [1.807, 2.05) is 0 Å². The normalized spacial score (nSPS) is 27.9. The largest absolute Gasteiger partial charge is 0.387 e. The fourth-order valence-electron chi connectivity index (χ4n) is 2.72. The molecule has 0 aliphatic carbocycles. The Hall–Kier alpha value is -1.94. The van der Waals surface area contributed by atoms with Crippen molar-refractivity contribution in [3.8, 4) is 0 Å². The molecule has 1 saturated heterocycles. The van der Waals surface area contributed by atoms with E-state index in [1.54, 1.807) is 0 Å². The SMILES string of the molecule is C[C@@H](O)c1nn([C@@H]2O[C@H](COS(N)(=O)=O)[C@@H](O)[C@H]2O)c2ncnc(N)c12. The third kappa shape index (κ3) is 3.35. The summed E-state index contributed by atoms with van der Waals surface area (Å²) in [5.41, 5.74) is 6.15. The van der Waals surface area contributed by atoms with Crippen molar-refractivity contribution in [2.75, 3.05) is 12.3 Å². The first-order valence-electron chi connectivity index (χ1n) is 7.45. The number of hydrogen-bond donors (Lipinski definition) is 5. The average Bonchev–Trinajstić information content (AvgIpc) is 3.06. The minimum absolute atomic E-state index is 0.0688. The average molecular weight is 390 g/mol. The van der Waals surface area contributed by atoms with E-state index in [2.05, 4.69) is 19.2 Å². The highest BCUT2D eigenvalue weighted by Gasteiger charge is 2.45. The molecule has 0 saturated carbocycles. The van der Waals surface area contributed by atoms with E-state index in [9.17, 15) is 23.7 Å². The van der Waals surface area contributed by atoms with Crippen molar-refractivity contribution in [1.29, 1.82) is 0 Å². The Labute approximate surface area is 147 Å². The molecular formula is C12H18N6O7S. The van der Waals surface area contributed by atoms with Crippen LogP contribution in [-0.4, -0.2) is 68.4 Å². The summed E-state index contributed by atoms with van der Waals surface area (Å²) in [7, 11) is -4.25. The van der Waals surface area contributed by atoms with E-state index in [4.69, 9.17) is 15.6 Å². The van der Waals surface area contributed by atoms with Crippen molar-refractivity contribution in [3.05, 3.63) is 12.0 Å². The molecule has 2 aromatic rings. The van der Waals surface area contributed by atoms with Gasteiger partial charge in [-0.3, -0.25) is 4.18 Å². The monoisotopic (exact) mass is 390 g/mol. The van der Waals surface area contributed by atoms with Crippen molar-refractivity contribution in [2.45, 2.75) is 37.6 Å². The minimum atomic E-state index is -4.25. The number of nitrogens with zero attached hydrogens (tertiary/aromatic N) is 4. The number of ether oxygens (including phenoxy) is 1. The molecule has 3 heterocycles. The molecule has 0 bridgehead atoms. The highest BCUT2D eigenvalue weighted by atomic mass is 32.2. The molecule has 0 amide bonds. The number of rotatable bonds is 5. The second-order valence-electron chi connectivity index (χ2n) is 5.79. The lowest BCUT2D eigenvalue weighted by molar-refractivity contribution is -0.0531. The van der Waals surface area contributed by atoms with Crippen molar-refractivity contribution >= 4 is 27.2 Å². The van der Waals surface area contributed by atoms with Crippen LogP contribution in [0.4, 0.5) is 5.82 Å². The van der Waals surface area contributed by atoms with Crippen LogP contribution < -0.4 is 10.9 Å². The number of fused-ring (bicyclic) bond motifs is 1. The molecule has 144 valence electrons. The van der Waals surface area contributed by atoms with Gasteiger partial charge in [-0.15, -0.1) is 0 Å². The summed E-state index contributed by atoms with van der Waals surface area (Å²) < 4.78 is 32.8. The number of nitrogens with two attached hydrogens (primary N) is 2. The van der Waals surface area contributed by atoms with E-state index in [0.717, 1.165) is 4.68 Å². The summed E-state index contributed by atoms with van der Waals surface area (Å²) in [6, 6.07) is 0. The van der Waals surface area contributed by atoms with E-state index < -0.39 is 47.6 Å². The maximum atomic E-state index is 10.9. The van der Waals surface area contributed by atoms with Gasteiger partial charge in [-0.25, -0.2) is 19.8 Å². The van der Waals surface area contributed by atoms with E-state index in [1.165, 1.54) is 13.3 Å². The number of aromatic nitrogens is 4. The Kier molecular flexibility index (Phi) is 4.82. The maximum absolute atomic E-state index is 10.9. The van der Waals surface area contributed by atoms with Gasteiger partial charge in [-0.05, 0) is 6.92 Å². The van der Waals surface area contributed by atoms with Crippen molar-refractivity contribution < 1.29 is 32.7 Å². The number of hydrogen-bond acceptors (Lipinski definition) is 11. The van der Waals surface area contributed by atoms with Crippen LogP contribution in [0, 0.1) is 0 Å². The minimum Gasteiger partial charge on any atom is -0.387 e. The van der Waals surface area contributed by atoms with Gasteiger partial charge in [0, 0.05) is 0 Å². The second kappa shape index (κ2) is 6.66. The number of aliphatic hydroxyl groups is 3. The molecule has 1 aliphatic rings. The molecule has 2 aromatic heterocycles. The van der Waals surface area contributed by atoms with E-state index >= 15 is 0 Å². The first-order chi connectivity index (χ1) is 12.1. The van der Waals surface area contributed by atoms with Crippen LogP contribution in [-0.2, 0) is 19.2 Å². The van der Waals surface area contributed by atoms with Crippen LogP contribution in [0.5, 0.6) is 0 Å². The summed E-state index contributed by atoms with van der Waals surface area (Å²) in [4.78, 5) is 7.88. The molecule has 26 heavy (non-hydrogen) atoms. The van der Waals surface area contributed by atoms with E-state index in [0.29, 0.717) is 0 Å². The van der Waals surface area contributed by atoms with Gasteiger partial charge in [0.15, 0.2) is 11.9 Å². The van der Waals surface area contributed by atoms with Gasteiger partial charge in [0.2, 0.25) is 0 Å². The van der Waals surface area contributed by atoms with Crippen LogP contribution in [0.25, 0.3) is 11.0 Å². The summed E-state index contributed by atoms with van der Waals surface area (Å²) in [5, 5.41) is 39.5. The van der Waals surface area contributed by atoms with Gasteiger partial charge in [-0.1, -0.05) is 0 Å². The molecule has 0 aromatic carbocycles. The number of anilines is 1. The second-order valence-corrected chi connectivity index (χ2v) is 7.01. The molecular weight excluding hydrogens is 372 g/mol. The summed E-state index contributed by atoms with van der Waals surface area (Å²) in [6.45, 7) is 0.856. The Bertz CT molecular complexity index is 916. The topological polar surface area (TPSA) is 209 Å². The molecule has 7 N–H and O–H groups in total. The fraction of sp³-hybridized carbons (Fsp3) is 0.583. The highest BCUT2D eigenvalue weighted by molar-refractivity contribution is 7.84. The zero-order valence-electron chi connectivity index (χ0n) is 13.5. The van der Waals surface area contributed by atoms with Crippen LogP contribution in [0.2, 0.25) is 0 Å². The van der Waals surface area contributed by atoms with E-state index in [-0.39, 0.29) is 22.5 Å². The molecule has 5 atom stereocenters. The third-order valence-electron chi connectivity index (χ3n) is 3.92. The molecule has 14 heteroatoms. The van der Waals surface area contributed by atoms with Gasteiger partial charge < -0.3 is 25.8 Å². The van der Waals surface area contributed by atoms with Gasteiger partial charge in [0.25, 0.3) is 0 Å². The molecule has 0 spiro atoms. The molecule has 1 aliphatic heterocycles. The lowest BCUT2D eigenvalue weighted by Crippen LogP contribution is -2.35. The lowest BCUT2D eigenvalue weighted by atomic mass is 10.1. The Balaban J connectivity index is 1.98. The predicted molar refractivity (Wildman–Crippen MR) is 85.4 cm³/mol. The third-order valence-corrected chi connectivity index (χ3v) is 4.38. The highest BCUT2D eigenvalue weighted by Crippen LogP contribution is 2.34. The Morgan fingerprint density at radius 2 is 2.08 bits per heavy atom. The molecule has 1 fully saturated rings. The summed E-state index contributed by atoms with van der Waals surface area (Å²) in [5.74, 6) is 0.0688. The van der Waals surface area contributed by atoms with Gasteiger partial charge in [0.05, 0.1) is 18.1 Å². The van der Waals surface area contributed by atoms with Crippen molar-refractivity contribution in [3.63, 3.8) is 0 Å². The zero-order chi connectivity index (χ0) is 19.2. The first kappa shape index (κ1) is 18.8.